The van der Waals surface area contributed by atoms with Crippen LogP contribution in [0, 0.1) is 0 Å². The average molecular weight is 242 g/mol. The third-order valence-corrected chi connectivity index (χ3v) is 3.06. The quantitative estimate of drug-likeness (QED) is 0.831. The van der Waals surface area contributed by atoms with Gasteiger partial charge in [-0.2, -0.15) is 0 Å². The van der Waals surface area contributed by atoms with E-state index >= 15 is 0 Å². The van der Waals surface area contributed by atoms with Crippen LogP contribution in [0.25, 0.3) is 0 Å². The van der Waals surface area contributed by atoms with E-state index in [2.05, 4.69) is 15.9 Å². The first-order valence-electron chi connectivity index (χ1n) is 4.34. The largest absolute Gasteiger partial charge is 0.392 e. The summed E-state index contributed by atoms with van der Waals surface area (Å²) in [5.41, 5.74) is 7.95. The molecule has 1 aliphatic rings. The Labute approximate surface area is 85.9 Å². The van der Waals surface area contributed by atoms with Gasteiger partial charge in [0.2, 0.25) is 0 Å². The molecule has 0 atom stereocenters. The zero-order chi connectivity index (χ0) is 9.47. The number of aliphatic hydroxyl groups excluding tert-OH is 1. The smallest absolute Gasteiger partial charge is 0.0685 e. The summed E-state index contributed by atoms with van der Waals surface area (Å²) in [5, 5.41) is 9.16. The van der Waals surface area contributed by atoms with Gasteiger partial charge in [0.25, 0.3) is 0 Å². The second kappa shape index (κ2) is 3.08. The van der Waals surface area contributed by atoms with E-state index in [-0.39, 0.29) is 12.1 Å². The maximum atomic E-state index is 9.16. The molecule has 3 N–H and O–H groups in total. The fourth-order valence-corrected chi connectivity index (χ4v) is 1.99. The molecular formula is C10H12BrNO. The van der Waals surface area contributed by atoms with Gasteiger partial charge in [-0.3, -0.25) is 0 Å². The van der Waals surface area contributed by atoms with Gasteiger partial charge in [0, 0.05) is 10.0 Å². The van der Waals surface area contributed by atoms with Crippen LogP contribution < -0.4 is 5.73 Å². The molecule has 1 aromatic carbocycles. The van der Waals surface area contributed by atoms with Gasteiger partial charge < -0.3 is 10.8 Å². The fourth-order valence-electron chi connectivity index (χ4n) is 1.58. The molecule has 13 heavy (non-hydrogen) atoms. The van der Waals surface area contributed by atoms with E-state index in [0.717, 1.165) is 28.4 Å². The molecule has 0 bridgehead atoms. The first-order valence-corrected chi connectivity index (χ1v) is 5.14. The summed E-state index contributed by atoms with van der Waals surface area (Å²) in [5.74, 6) is 0. The van der Waals surface area contributed by atoms with Gasteiger partial charge in [-0.15, -0.1) is 0 Å². The number of benzene rings is 1. The predicted molar refractivity (Wildman–Crippen MR) is 55.2 cm³/mol. The van der Waals surface area contributed by atoms with E-state index in [4.69, 9.17) is 10.8 Å². The summed E-state index contributed by atoms with van der Waals surface area (Å²) >= 11 is 3.37. The molecule has 0 heterocycles. The summed E-state index contributed by atoms with van der Waals surface area (Å²) < 4.78 is 0.990. The molecular weight excluding hydrogens is 230 g/mol. The maximum Gasteiger partial charge on any atom is 0.0685 e. The van der Waals surface area contributed by atoms with Gasteiger partial charge in [-0.1, -0.05) is 22.0 Å². The Morgan fingerprint density at radius 2 is 2.15 bits per heavy atom. The molecule has 0 spiro atoms. The van der Waals surface area contributed by atoms with Crippen LogP contribution in [0.1, 0.15) is 24.0 Å². The lowest BCUT2D eigenvalue weighted by molar-refractivity contribution is 0.279. The lowest BCUT2D eigenvalue weighted by atomic mass is 10.00. The van der Waals surface area contributed by atoms with Gasteiger partial charge >= 0.3 is 0 Å². The minimum Gasteiger partial charge on any atom is -0.392 e. The molecule has 1 fully saturated rings. The standard InChI is InChI=1S/C10H12BrNO/c11-8-1-2-9(7(5-8)6-13)10(12)3-4-10/h1-2,5,13H,3-4,6,12H2. The molecule has 0 amide bonds. The van der Waals surface area contributed by atoms with Crippen molar-refractivity contribution < 1.29 is 5.11 Å². The van der Waals surface area contributed by atoms with Crippen molar-refractivity contribution in [2.45, 2.75) is 25.0 Å². The molecule has 0 saturated heterocycles. The minimum atomic E-state index is -0.154. The topological polar surface area (TPSA) is 46.2 Å². The molecule has 70 valence electrons. The highest BCUT2D eigenvalue weighted by Crippen LogP contribution is 2.44. The zero-order valence-corrected chi connectivity index (χ0v) is 8.84. The maximum absolute atomic E-state index is 9.16. The van der Waals surface area contributed by atoms with Crippen molar-refractivity contribution >= 4 is 15.9 Å². The number of hydrogen-bond acceptors (Lipinski definition) is 2. The Hall–Kier alpha value is -0.380. The highest BCUT2D eigenvalue weighted by Gasteiger charge is 2.41. The van der Waals surface area contributed by atoms with Crippen LogP contribution in [0.4, 0.5) is 0 Å². The van der Waals surface area contributed by atoms with Crippen molar-refractivity contribution in [2.75, 3.05) is 0 Å². The summed E-state index contributed by atoms with van der Waals surface area (Å²) in [4.78, 5) is 0. The molecule has 1 aliphatic carbocycles. The highest BCUT2D eigenvalue weighted by atomic mass is 79.9. The SMILES string of the molecule is NC1(c2ccc(Br)cc2CO)CC1. The molecule has 0 radical (unpaired) electrons. The van der Waals surface area contributed by atoms with Crippen molar-refractivity contribution in [3.63, 3.8) is 0 Å². The molecule has 3 heteroatoms. The first-order chi connectivity index (χ1) is 6.15. The van der Waals surface area contributed by atoms with E-state index in [1.165, 1.54) is 0 Å². The van der Waals surface area contributed by atoms with E-state index in [0.29, 0.717) is 0 Å². The van der Waals surface area contributed by atoms with Crippen LogP contribution in [-0.4, -0.2) is 5.11 Å². The molecule has 0 aromatic heterocycles. The van der Waals surface area contributed by atoms with Crippen LogP contribution in [0.3, 0.4) is 0 Å². The van der Waals surface area contributed by atoms with Crippen LogP contribution in [-0.2, 0) is 12.1 Å². The van der Waals surface area contributed by atoms with Crippen LogP contribution >= 0.6 is 15.9 Å². The second-order valence-electron chi connectivity index (χ2n) is 3.62. The highest BCUT2D eigenvalue weighted by molar-refractivity contribution is 9.10. The van der Waals surface area contributed by atoms with E-state index in [1.807, 2.05) is 18.2 Å². The van der Waals surface area contributed by atoms with Crippen molar-refractivity contribution in [1.82, 2.24) is 0 Å². The van der Waals surface area contributed by atoms with E-state index in [9.17, 15) is 0 Å². The van der Waals surface area contributed by atoms with E-state index in [1.54, 1.807) is 0 Å². The van der Waals surface area contributed by atoms with Crippen LogP contribution in [0.15, 0.2) is 22.7 Å². The van der Waals surface area contributed by atoms with Crippen LogP contribution in [0.2, 0.25) is 0 Å². The summed E-state index contributed by atoms with van der Waals surface area (Å²) in [6, 6.07) is 5.91. The van der Waals surface area contributed by atoms with Crippen molar-refractivity contribution in [2.24, 2.45) is 5.73 Å². The number of aliphatic hydroxyl groups is 1. The van der Waals surface area contributed by atoms with E-state index < -0.39 is 0 Å². The van der Waals surface area contributed by atoms with Crippen LogP contribution in [0.5, 0.6) is 0 Å². The lowest BCUT2D eigenvalue weighted by Crippen LogP contribution is -2.20. The lowest BCUT2D eigenvalue weighted by Gasteiger charge is -2.13. The minimum absolute atomic E-state index is 0.0632. The molecule has 1 aromatic rings. The third-order valence-electron chi connectivity index (χ3n) is 2.56. The number of halogens is 1. The third kappa shape index (κ3) is 1.64. The average Bonchev–Trinajstić information content (AvgIpc) is 2.84. The Morgan fingerprint density at radius 1 is 1.46 bits per heavy atom. The van der Waals surface area contributed by atoms with Crippen molar-refractivity contribution in [1.29, 1.82) is 0 Å². The molecule has 1 saturated carbocycles. The molecule has 2 nitrogen and oxygen atoms in total. The Balaban J connectivity index is 2.45. The normalized spacial score (nSPS) is 18.7. The first kappa shape index (κ1) is 9.19. The Bertz CT molecular complexity index is 334. The number of nitrogens with two attached hydrogens (primary N) is 1. The summed E-state index contributed by atoms with van der Waals surface area (Å²) in [7, 11) is 0. The summed E-state index contributed by atoms with van der Waals surface area (Å²) in [6.45, 7) is 0.0632. The zero-order valence-electron chi connectivity index (χ0n) is 7.26. The monoisotopic (exact) mass is 241 g/mol. The molecule has 0 unspecified atom stereocenters. The van der Waals surface area contributed by atoms with Gasteiger partial charge in [0.05, 0.1) is 6.61 Å². The van der Waals surface area contributed by atoms with Crippen molar-refractivity contribution in [3.8, 4) is 0 Å². The predicted octanol–water partition coefficient (Wildman–Crippen LogP) is 1.89. The Kier molecular flexibility index (Phi) is 2.18. The molecule has 2 rings (SSSR count). The van der Waals surface area contributed by atoms with Gasteiger partial charge in [-0.25, -0.2) is 0 Å². The van der Waals surface area contributed by atoms with Crippen molar-refractivity contribution in [3.05, 3.63) is 33.8 Å². The molecule has 0 aliphatic heterocycles. The number of rotatable bonds is 2. The Morgan fingerprint density at radius 3 is 2.69 bits per heavy atom. The number of hydrogen-bond donors (Lipinski definition) is 2. The van der Waals surface area contributed by atoms with Gasteiger partial charge in [0.1, 0.15) is 0 Å². The van der Waals surface area contributed by atoms with Gasteiger partial charge in [-0.05, 0) is 36.1 Å². The summed E-state index contributed by atoms with van der Waals surface area (Å²) in [6.07, 6.45) is 2.06. The second-order valence-corrected chi connectivity index (χ2v) is 4.53. The van der Waals surface area contributed by atoms with Gasteiger partial charge in [0.15, 0.2) is 0 Å². The fraction of sp³-hybridized carbons (Fsp3) is 0.400.